The number of pyridine rings is 2. The van der Waals surface area contributed by atoms with Gasteiger partial charge in [-0.3, -0.25) is 4.57 Å². The summed E-state index contributed by atoms with van der Waals surface area (Å²) in [6.45, 7) is 0.0114. The Morgan fingerprint density at radius 3 is 2.52 bits per heavy atom. The van der Waals surface area contributed by atoms with Crippen molar-refractivity contribution in [2.24, 2.45) is 0 Å². The molecule has 1 fully saturated rings. The Morgan fingerprint density at radius 1 is 1.00 bits per heavy atom. The molecule has 1 aliphatic carbocycles. The van der Waals surface area contributed by atoms with Crippen LogP contribution in [0.15, 0.2) is 54.7 Å². The van der Waals surface area contributed by atoms with Gasteiger partial charge in [0.1, 0.15) is 11.3 Å². The van der Waals surface area contributed by atoms with Crippen LogP contribution in [0.1, 0.15) is 42.9 Å². The first-order chi connectivity index (χ1) is 14.2. The summed E-state index contributed by atoms with van der Waals surface area (Å²) in [4.78, 5) is 14.1. The van der Waals surface area contributed by atoms with Crippen LogP contribution in [0, 0.1) is 0 Å². The van der Waals surface area contributed by atoms with Crippen LogP contribution >= 0.6 is 0 Å². The van der Waals surface area contributed by atoms with E-state index in [1.54, 1.807) is 6.20 Å². The lowest BCUT2D eigenvalue weighted by molar-refractivity contribution is 0.282. The van der Waals surface area contributed by atoms with E-state index in [0.29, 0.717) is 11.7 Å². The molecular formula is C23H23N5O. The van der Waals surface area contributed by atoms with Gasteiger partial charge in [-0.15, -0.1) is 0 Å². The fourth-order valence-electron chi connectivity index (χ4n) is 4.20. The molecule has 0 atom stereocenters. The van der Waals surface area contributed by atoms with E-state index < -0.39 is 0 Å². The molecule has 4 aromatic rings. The van der Waals surface area contributed by atoms with E-state index in [2.05, 4.69) is 17.1 Å². The van der Waals surface area contributed by atoms with Gasteiger partial charge in [0, 0.05) is 23.5 Å². The van der Waals surface area contributed by atoms with E-state index in [0.717, 1.165) is 39.5 Å². The molecule has 0 radical (unpaired) electrons. The maximum atomic E-state index is 9.40. The monoisotopic (exact) mass is 385 g/mol. The molecule has 29 heavy (non-hydrogen) atoms. The largest absolute Gasteiger partial charge is 0.392 e. The zero-order valence-corrected chi connectivity index (χ0v) is 16.1. The van der Waals surface area contributed by atoms with E-state index in [4.69, 9.17) is 15.7 Å². The molecule has 3 N–H and O–H groups in total. The summed E-state index contributed by atoms with van der Waals surface area (Å²) in [6.07, 6.45) is 6.60. The van der Waals surface area contributed by atoms with Crippen LogP contribution in [-0.4, -0.2) is 24.6 Å². The van der Waals surface area contributed by atoms with Gasteiger partial charge in [0.25, 0.3) is 0 Å². The highest BCUT2D eigenvalue weighted by Gasteiger charge is 2.22. The Labute approximate surface area is 169 Å². The number of fused-ring (bicyclic) bond motifs is 1. The Bertz CT molecular complexity index is 1160. The molecule has 1 aliphatic rings. The lowest BCUT2D eigenvalue weighted by Gasteiger charge is -2.12. The van der Waals surface area contributed by atoms with E-state index in [9.17, 15) is 5.11 Å². The number of anilines is 1. The van der Waals surface area contributed by atoms with Gasteiger partial charge in [-0.2, -0.15) is 0 Å². The second-order valence-electron chi connectivity index (χ2n) is 7.59. The molecule has 1 aromatic carbocycles. The van der Waals surface area contributed by atoms with Crippen molar-refractivity contribution in [1.29, 1.82) is 0 Å². The third-order valence-electron chi connectivity index (χ3n) is 5.76. The van der Waals surface area contributed by atoms with E-state index >= 15 is 0 Å². The fourth-order valence-corrected chi connectivity index (χ4v) is 4.20. The third kappa shape index (κ3) is 3.15. The standard InChI is InChI=1S/C23H23N5O/c24-21-18(6-3-13-25-21)22-27-20-12-11-19(16-4-1-2-5-16)26-23(20)28(22)17-9-7-15(14-29)8-10-17/h3,6-13,16,29H,1-2,4-5,14H2,(H2,24,25). The van der Waals surface area contributed by atoms with E-state index in [-0.39, 0.29) is 6.61 Å². The van der Waals surface area contributed by atoms with E-state index in [1.807, 2.05) is 41.0 Å². The molecule has 0 spiro atoms. The summed E-state index contributed by atoms with van der Waals surface area (Å²) in [5.74, 6) is 1.68. The van der Waals surface area contributed by atoms with Crippen LogP contribution in [0.4, 0.5) is 5.82 Å². The third-order valence-corrected chi connectivity index (χ3v) is 5.76. The summed E-state index contributed by atoms with van der Waals surface area (Å²) < 4.78 is 2.04. The Morgan fingerprint density at radius 2 is 1.79 bits per heavy atom. The molecule has 3 aromatic heterocycles. The molecule has 3 heterocycles. The van der Waals surface area contributed by atoms with Crippen molar-refractivity contribution in [2.45, 2.75) is 38.2 Å². The van der Waals surface area contributed by atoms with Crippen molar-refractivity contribution in [3.8, 4) is 17.1 Å². The average molecular weight is 385 g/mol. The number of aliphatic hydroxyl groups is 1. The highest BCUT2D eigenvalue weighted by Crippen LogP contribution is 2.35. The average Bonchev–Trinajstić information content (AvgIpc) is 3.42. The van der Waals surface area contributed by atoms with Crippen LogP contribution in [0.5, 0.6) is 0 Å². The van der Waals surface area contributed by atoms with Crippen LogP contribution < -0.4 is 5.73 Å². The van der Waals surface area contributed by atoms with Crippen molar-refractivity contribution in [3.05, 3.63) is 66.0 Å². The molecule has 146 valence electrons. The molecule has 0 bridgehead atoms. The molecule has 0 amide bonds. The number of imidazole rings is 1. The molecule has 0 aliphatic heterocycles. The van der Waals surface area contributed by atoms with Gasteiger partial charge in [-0.1, -0.05) is 25.0 Å². The van der Waals surface area contributed by atoms with Crippen molar-refractivity contribution in [3.63, 3.8) is 0 Å². The quantitative estimate of drug-likeness (QED) is 0.549. The molecule has 6 nitrogen and oxygen atoms in total. The Balaban J connectivity index is 1.75. The topological polar surface area (TPSA) is 89.9 Å². The maximum absolute atomic E-state index is 9.40. The number of aliphatic hydroxyl groups excluding tert-OH is 1. The van der Waals surface area contributed by atoms with E-state index in [1.165, 1.54) is 25.7 Å². The number of hydrogen-bond acceptors (Lipinski definition) is 5. The molecule has 6 heteroatoms. The summed E-state index contributed by atoms with van der Waals surface area (Å²) in [5, 5.41) is 9.40. The molecule has 0 saturated heterocycles. The minimum atomic E-state index is 0.0114. The first kappa shape index (κ1) is 17.8. The maximum Gasteiger partial charge on any atom is 0.165 e. The normalized spacial score (nSPS) is 14.7. The highest BCUT2D eigenvalue weighted by atomic mass is 16.3. The van der Waals surface area contributed by atoms with Crippen LogP contribution in [0.25, 0.3) is 28.2 Å². The Kier molecular flexibility index (Phi) is 4.48. The number of aromatic nitrogens is 4. The minimum Gasteiger partial charge on any atom is -0.392 e. The second kappa shape index (κ2) is 7.29. The molecular weight excluding hydrogens is 362 g/mol. The Hall–Kier alpha value is -3.25. The summed E-state index contributed by atoms with van der Waals surface area (Å²) in [7, 11) is 0. The highest BCUT2D eigenvalue weighted by molar-refractivity contribution is 5.82. The number of hydrogen-bond donors (Lipinski definition) is 2. The van der Waals surface area contributed by atoms with Crippen LogP contribution in [-0.2, 0) is 6.61 Å². The van der Waals surface area contributed by atoms with Gasteiger partial charge < -0.3 is 10.8 Å². The second-order valence-corrected chi connectivity index (χ2v) is 7.59. The first-order valence-corrected chi connectivity index (χ1v) is 10.0. The van der Waals surface area contributed by atoms with Crippen LogP contribution in [0.2, 0.25) is 0 Å². The minimum absolute atomic E-state index is 0.0114. The molecule has 0 unspecified atom stereocenters. The number of nitrogen functional groups attached to an aromatic ring is 1. The predicted octanol–water partition coefficient (Wildman–Crippen LogP) is 4.21. The molecule has 5 rings (SSSR count). The van der Waals surface area contributed by atoms with Gasteiger partial charge >= 0.3 is 0 Å². The smallest absolute Gasteiger partial charge is 0.165 e. The SMILES string of the molecule is Nc1ncccc1-c1nc2ccc(C3CCCC3)nc2n1-c1ccc(CO)cc1. The van der Waals surface area contributed by atoms with Gasteiger partial charge in [0.2, 0.25) is 0 Å². The zero-order chi connectivity index (χ0) is 19.8. The van der Waals surface area contributed by atoms with Crippen molar-refractivity contribution in [2.75, 3.05) is 5.73 Å². The first-order valence-electron chi connectivity index (χ1n) is 10.0. The lowest BCUT2D eigenvalue weighted by Crippen LogP contribution is -2.03. The summed E-state index contributed by atoms with van der Waals surface area (Å²) in [5.41, 5.74) is 11.5. The number of benzene rings is 1. The van der Waals surface area contributed by atoms with Gasteiger partial charge in [0.15, 0.2) is 11.5 Å². The van der Waals surface area contributed by atoms with Gasteiger partial charge in [0.05, 0.1) is 12.2 Å². The summed E-state index contributed by atoms with van der Waals surface area (Å²) in [6, 6.07) is 15.8. The van der Waals surface area contributed by atoms with Crippen molar-refractivity contribution < 1.29 is 5.11 Å². The fraction of sp³-hybridized carbons (Fsp3) is 0.261. The lowest BCUT2D eigenvalue weighted by atomic mass is 10.0. The van der Waals surface area contributed by atoms with Crippen molar-refractivity contribution in [1.82, 2.24) is 19.5 Å². The summed E-state index contributed by atoms with van der Waals surface area (Å²) >= 11 is 0. The van der Waals surface area contributed by atoms with Crippen molar-refractivity contribution >= 4 is 17.0 Å². The van der Waals surface area contributed by atoms with Gasteiger partial charge in [-0.05, 0) is 54.8 Å². The zero-order valence-electron chi connectivity index (χ0n) is 16.1. The number of rotatable bonds is 4. The predicted molar refractivity (Wildman–Crippen MR) is 114 cm³/mol. The van der Waals surface area contributed by atoms with Gasteiger partial charge in [-0.25, -0.2) is 15.0 Å². The molecule has 1 saturated carbocycles. The number of nitrogens with two attached hydrogens (primary N) is 1. The number of nitrogens with zero attached hydrogens (tertiary/aromatic N) is 4. The van der Waals surface area contributed by atoms with Crippen LogP contribution in [0.3, 0.4) is 0 Å².